The average Bonchev–Trinajstić information content (AvgIpc) is 3.86. The Morgan fingerprint density at radius 2 is 1.88 bits per heavy atom. The highest BCUT2D eigenvalue weighted by Gasteiger charge is 2.32. The largest absolute Gasteiger partial charge is 0.495 e. The van der Waals surface area contributed by atoms with Crippen LogP contribution in [0.3, 0.4) is 0 Å². The molecule has 2 aromatic carbocycles. The number of anilines is 2. The lowest BCUT2D eigenvalue weighted by Crippen LogP contribution is -2.40. The molecule has 0 spiro atoms. The van der Waals surface area contributed by atoms with Gasteiger partial charge in [0.15, 0.2) is 9.84 Å². The van der Waals surface area contributed by atoms with Gasteiger partial charge < -0.3 is 20.3 Å². The summed E-state index contributed by atoms with van der Waals surface area (Å²) in [6.07, 6.45) is 9.68. The van der Waals surface area contributed by atoms with Crippen LogP contribution in [0.5, 0.6) is 5.75 Å². The van der Waals surface area contributed by atoms with Crippen LogP contribution in [0.1, 0.15) is 49.0 Å². The number of halogens is 1. The highest BCUT2D eigenvalue weighted by Crippen LogP contribution is 2.42. The molecule has 2 N–H and O–H groups in total. The normalized spacial score (nSPS) is 18.4. The standard InChI is InChI=1S/C31H36FN3O3S2/c1-38-28-19-30(40(2,36)37)25(32)18-27(28)33-14-4-7-29-24(17-20-8-9-20)23-5-3-6-26(31(23)39-29)34-21-12-15-35(16-13-21)22-10-11-22/h3,5-6,18-22,33-34H,8-17H2,1-2H3. The molecule has 0 amide bonds. The molecule has 2 aliphatic carbocycles. The fourth-order valence-corrected chi connectivity index (χ4v) is 7.57. The summed E-state index contributed by atoms with van der Waals surface area (Å²) in [6.45, 7) is 2.64. The van der Waals surface area contributed by atoms with Gasteiger partial charge in [-0.1, -0.05) is 24.0 Å². The summed E-state index contributed by atoms with van der Waals surface area (Å²) < 4.78 is 44.8. The zero-order valence-corrected chi connectivity index (χ0v) is 24.7. The van der Waals surface area contributed by atoms with Gasteiger partial charge in [-0.2, -0.15) is 0 Å². The summed E-state index contributed by atoms with van der Waals surface area (Å²) >= 11 is 1.76. The van der Waals surface area contributed by atoms with Crippen LogP contribution in [0, 0.1) is 23.6 Å². The molecule has 9 heteroatoms. The second-order valence-corrected chi connectivity index (χ2v) is 14.3. The number of benzene rings is 2. The van der Waals surface area contributed by atoms with E-state index in [9.17, 15) is 12.8 Å². The predicted octanol–water partition coefficient (Wildman–Crippen LogP) is 5.91. The van der Waals surface area contributed by atoms with Crippen molar-refractivity contribution >= 4 is 42.6 Å². The van der Waals surface area contributed by atoms with E-state index in [0.29, 0.717) is 11.7 Å². The van der Waals surface area contributed by atoms with Crippen LogP contribution in [-0.4, -0.2) is 58.4 Å². The maximum atomic E-state index is 14.5. The predicted molar refractivity (Wildman–Crippen MR) is 161 cm³/mol. The van der Waals surface area contributed by atoms with Crippen molar-refractivity contribution in [2.45, 2.75) is 61.9 Å². The average molecular weight is 582 g/mol. The van der Waals surface area contributed by atoms with Crippen LogP contribution in [-0.2, 0) is 16.3 Å². The summed E-state index contributed by atoms with van der Waals surface area (Å²) in [4.78, 5) is 3.37. The molecule has 6 rings (SSSR count). The SMILES string of the molecule is COc1cc(S(C)(=O)=O)c(F)cc1NCC#Cc1sc2c(NC3CCN(C4CC4)CC3)cccc2c1CC1CC1. The maximum absolute atomic E-state index is 14.5. The van der Waals surface area contributed by atoms with Crippen molar-refractivity contribution in [3.05, 3.63) is 46.6 Å². The highest BCUT2D eigenvalue weighted by molar-refractivity contribution is 7.90. The minimum Gasteiger partial charge on any atom is -0.495 e. The van der Waals surface area contributed by atoms with E-state index in [4.69, 9.17) is 4.74 Å². The minimum absolute atomic E-state index is 0.263. The molecule has 0 atom stereocenters. The fraction of sp³-hybridized carbons (Fsp3) is 0.484. The molecular weight excluding hydrogens is 545 g/mol. The molecular formula is C31H36FN3O3S2. The molecule has 1 aromatic heterocycles. The molecule has 1 aliphatic heterocycles. The number of thiophene rings is 1. The van der Waals surface area contributed by atoms with Crippen molar-refractivity contribution in [1.82, 2.24) is 4.90 Å². The first-order valence-corrected chi connectivity index (χ1v) is 16.9. The summed E-state index contributed by atoms with van der Waals surface area (Å²) in [7, 11) is -2.27. The lowest BCUT2D eigenvalue weighted by molar-refractivity contribution is 0.210. The number of sulfone groups is 1. The molecule has 6 nitrogen and oxygen atoms in total. The van der Waals surface area contributed by atoms with Crippen molar-refractivity contribution in [1.29, 1.82) is 0 Å². The summed E-state index contributed by atoms with van der Waals surface area (Å²) in [5, 5.41) is 8.26. The third-order valence-corrected chi connectivity index (χ3v) is 10.5. The molecule has 0 radical (unpaired) electrons. The lowest BCUT2D eigenvalue weighted by atomic mass is 10.0. The Kier molecular flexibility index (Phi) is 7.68. The van der Waals surface area contributed by atoms with Crippen molar-refractivity contribution in [3.8, 4) is 17.6 Å². The smallest absolute Gasteiger partial charge is 0.178 e. The second kappa shape index (κ2) is 11.2. The number of likely N-dealkylation sites (tertiary alicyclic amines) is 1. The Hall–Kier alpha value is -2.80. The number of nitrogens with zero attached hydrogens (tertiary/aromatic N) is 1. The first-order valence-electron chi connectivity index (χ1n) is 14.2. The van der Waals surface area contributed by atoms with Gasteiger partial charge in [0.05, 0.1) is 34.6 Å². The van der Waals surface area contributed by atoms with Gasteiger partial charge in [0.25, 0.3) is 0 Å². The molecule has 2 saturated carbocycles. The summed E-state index contributed by atoms with van der Waals surface area (Å²) in [5.74, 6) is 6.79. The summed E-state index contributed by atoms with van der Waals surface area (Å²) in [5.41, 5.74) is 2.92. The first-order chi connectivity index (χ1) is 19.3. The number of fused-ring (bicyclic) bond motifs is 1. The van der Waals surface area contributed by atoms with Crippen molar-refractivity contribution in [2.75, 3.05) is 43.6 Å². The zero-order chi connectivity index (χ0) is 27.9. The van der Waals surface area contributed by atoms with Crippen molar-refractivity contribution < 1.29 is 17.5 Å². The molecule has 3 aromatic rings. The first kappa shape index (κ1) is 27.4. The molecule has 40 heavy (non-hydrogen) atoms. The number of methoxy groups -OCH3 is 1. The Bertz CT molecular complexity index is 1570. The molecule has 0 unspecified atom stereocenters. The number of hydrogen-bond acceptors (Lipinski definition) is 7. The van der Waals surface area contributed by atoms with Gasteiger partial charge in [-0.25, -0.2) is 12.8 Å². The van der Waals surface area contributed by atoms with Gasteiger partial charge >= 0.3 is 0 Å². The Morgan fingerprint density at radius 3 is 2.55 bits per heavy atom. The lowest BCUT2D eigenvalue weighted by Gasteiger charge is -2.33. The monoisotopic (exact) mass is 581 g/mol. The third kappa shape index (κ3) is 6.09. The second-order valence-electron chi connectivity index (χ2n) is 11.3. The zero-order valence-electron chi connectivity index (χ0n) is 23.1. The van der Waals surface area contributed by atoms with E-state index in [-0.39, 0.29) is 17.2 Å². The molecule has 212 valence electrons. The summed E-state index contributed by atoms with van der Waals surface area (Å²) in [6, 6.07) is 10.3. The van der Waals surface area contributed by atoms with E-state index in [0.717, 1.165) is 35.6 Å². The van der Waals surface area contributed by atoms with E-state index in [1.165, 1.54) is 86.1 Å². The van der Waals surface area contributed by atoms with Gasteiger partial charge in [0.1, 0.15) is 16.5 Å². The topological polar surface area (TPSA) is 70.7 Å². The van der Waals surface area contributed by atoms with Crippen LogP contribution in [0.15, 0.2) is 35.2 Å². The maximum Gasteiger partial charge on any atom is 0.178 e. The van der Waals surface area contributed by atoms with Crippen LogP contribution >= 0.6 is 11.3 Å². The molecule has 1 saturated heterocycles. The van der Waals surface area contributed by atoms with Crippen molar-refractivity contribution in [3.63, 3.8) is 0 Å². The van der Waals surface area contributed by atoms with Gasteiger partial charge in [0, 0.05) is 43.6 Å². The van der Waals surface area contributed by atoms with Gasteiger partial charge in [-0.05, 0) is 67.9 Å². The van der Waals surface area contributed by atoms with Gasteiger partial charge in [-0.15, -0.1) is 11.3 Å². The fourth-order valence-electron chi connectivity index (χ4n) is 5.66. The van der Waals surface area contributed by atoms with E-state index in [1.54, 1.807) is 11.3 Å². The van der Waals surface area contributed by atoms with E-state index in [2.05, 4.69) is 45.6 Å². The number of hydrogen-bond donors (Lipinski definition) is 2. The van der Waals surface area contributed by atoms with E-state index >= 15 is 0 Å². The molecule has 3 aliphatic rings. The van der Waals surface area contributed by atoms with Crippen LogP contribution in [0.2, 0.25) is 0 Å². The minimum atomic E-state index is -3.70. The van der Waals surface area contributed by atoms with E-state index < -0.39 is 15.7 Å². The van der Waals surface area contributed by atoms with Crippen LogP contribution in [0.25, 0.3) is 10.1 Å². The number of nitrogens with one attached hydrogen (secondary N) is 2. The van der Waals surface area contributed by atoms with Crippen LogP contribution in [0.4, 0.5) is 15.8 Å². The van der Waals surface area contributed by atoms with Gasteiger partial charge in [-0.3, -0.25) is 0 Å². The van der Waals surface area contributed by atoms with Gasteiger partial charge in [0.2, 0.25) is 0 Å². The molecule has 3 fully saturated rings. The molecule has 0 bridgehead atoms. The Labute approximate surface area is 240 Å². The van der Waals surface area contributed by atoms with Crippen molar-refractivity contribution in [2.24, 2.45) is 5.92 Å². The Morgan fingerprint density at radius 1 is 1.10 bits per heavy atom. The number of rotatable bonds is 9. The molecule has 2 heterocycles. The Balaban J connectivity index is 1.21. The quantitative estimate of drug-likeness (QED) is 0.307. The number of ether oxygens (including phenoxy) is 1. The number of piperidine rings is 1. The third-order valence-electron chi connectivity index (χ3n) is 8.18. The van der Waals surface area contributed by atoms with E-state index in [1.807, 2.05) is 0 Å². The highest BCUT2D eigenvalue weighted by atomic mass is 32.2. The van der Waals surface area contributed by atoms with Crippen LogP contribution < -0.4 is 15.4 Å².